The molecule has 1 amide bonds. The third kappa shape index (κ3) is 4.28. The summed E-state index contributed by atoms with van der Waals surface area (Å²) in [6.07, 6.45) is 2.05. The van der Waals surface area contributed by atoms with E-state index in [1.165, 1.54) is 10.6 Å². The summed E-state index contributed by atoms with van der Waals surface area (Å²) >= 11 is 0. The Balaban J connectivity index is 1.56. The molecule has 1 aliphatic rings. The molecule has 8 heteroatoms. The van der Waals surface area contributed by atoms with Crippen molar-refractivity contribution in [3.63, 3.8) is 0 Å². The summed E-state index contributed by atoms with van der Waals surface area (Å²) in [6.45, 7) is 2.04. The molecule has 0 bridgehead atoms. The van der Waals surface area contributed by atoms with Gasteiger partial charge in [0.2, 0.25) is 10.0 Å². The molecular weight excluding hydrogens is 344 g/mol. The number of amides is 1. The molecule has 0 radical (unpaired) electrons. The Morgan fingerprint density at radius 1 is 1.12 bits per heavy atom. The van der Waals surface area contributed by atoms with Gasteiger partial charge in [0, 0.05) is 19.6 Å². The summed E-state index contributed by atoms with van der Waals surface area (Å²) < 4.78 is 36.7. The highest BCUT2D eigenvalue weighted by Crippen LogP contribution is 2.17. The Morgan fingerprint density at radius 3 is 2.48 bits per heavy atom. The van der Waals surface area contributed by atoms with Crippen molar-refractivity contribution in [1.29, 1.82) is 0 Å². The number of hydrogen-bond donors (Lipinski definition) is 1. The van der Waals surface area contributed by atoms with Gasteiger partial charge in [-0.2, -0.15) is 4.31 Å². The van der Waals surface area contributed by atoms with Crippen molar-refractivity contribution in [2.75, 3.05) is 32.8 Å². The molecule has 7 nitrogen and oxygen atoms in total. The Bertz CT molecular complexity index is 794. The number of benzene rings is 1. The maximum absolute atomic E-state index is 12.5. The van der Waals surface area contributed by atoms with Gasteiger partial charge in [0.15, 0.2) is 5.76 Å². The first kappa shape index (κ1) is 17.7. The van der Waals surface area contributed by atoms with E-state index in [9.17, 15) is 13.2 Å². The van der Waals surface area contributed by atoms with E-state index in [2.05, 4.69) is 5.32 Å². The minimum Gasteiger partial charge on any atom is -0.459 e. The van der Waals surface area contributed by atoms with Crippen molar-refractivity contribution >= 4 is 15.9 Å². The average molecular weight is 364 g/mol. The van der Waals surface area contributed by atoms with Crippen molar-refractivity contribution in [2.45, 2.75) is 11.3 Å². The lowest BCUT2D eigenvalue weighted by Crippen LogP contribution is -2.40. The van der Waals surface area contributed by atoms with Crippen LogP contribution in [0, 0.1) is 0 Å². The van der Waals surface area contributed by atoms with Gasteiger partial charge in [-0.25, -0.2) is 8.42 Å². The smallest absolute Gasteiger partial charge is 0.286 e. The molecule has 1 N–H and O–H groups in total. The summed E-state index contributed by atoms with van der Waals surface area (Å²) in [5.41, 5.74) is 0.945. The van der Waals surface area contributed by atoms with E-state index in [0.29, 0.717) is 39.3 Å². The highest BCUT2D eigenvalue weighted by atomic mass is 32.2. The van der Waals surface area contributed by atoms with E-state index >= 15 is 0 Å². The molecule has 2 aromatic rings. The molecule has 134 valence electrons. The zero-order valence-corrected chi connectivity index (χ0v) is 14.5. The number of nitrogens with one attached hydrogen (secondary N) is 1. The average Bonchev–Trinajstić information content (AvgIpc) is 3.18. The van der Waals surface area contributed by atoms with E-state index in [1.54, 1.807) is 36.4 Å². The lowest BCUT2D eigenvalue weighted by atomic mass is 10.1. The number of ether oxygens (including phenoxy) is 1. The molecule has 1 aromatic carbocycles. The first-order valence-electron chi connectivity index (χ1n) is 8.06. The standard InChI is InChI=1S/C17H20N2O5S/c20-17(16-2-1-11-24-16)18-8-7-14-3-5-15(6-4-14)25(21,22)19-9-12-23-13-10-19/h1-6,11H,7-10,12-13H2,(H,18,20). The fourth-order valence-corrected chi connectivity index (χ4v) is 3.99. The molecule has 2 heterocycles. The lowest BCUT2D eigenvalue weighted by molar-refractivity contribution is 0.0730. The second-order valence-electron chi connectivity index (χ2n) is 5.64. The van der Waals surface area contributed by atoms with Gasteiger partial charge < -0.3 is 14.5 Å². The van der Waals surface area contributed by atoms with Crippen LogP contribution >= 0.6 is 0 Å². The van der Waals surface area contributed by atoms with E-state index in [-0.39, 0.29) is 16.6 Å². The van der Waals surface area contributed by atoms with Crippen LogP contribution in [-0.2, 0) is 21.2 Å². The predicted octanol–water partition coefficient (Wildman–Crippen LogP) is 1.27. The monoisotopic (exact) mass is 364 g/mol. The molecule has 0 unspecified atom stereocenters. The number of carbonyl (C=O) groups excluding carboxylic acids is 1. The quantitative estimate of drug-likeness (QED) is 0.834. The van der Waals surface area contributed by atoms with E-state index in [1.807, 2.05) is 0 Å². The number of sulfonamides is 1. The fourth-order valence-electron chi connectivity index (χ4n) is 2.58. The summed E-state index contributed by atoms with van der Waals surface area (Å²) in [4.78, 5) is 12.0. The molecule has 0 saturated carbocycles. The van der Waals surface area contributed by atoms with Crippen molar-refractivity contribution in [3.05, 3.63) is 54.0 Å². The lowest BCUT2D eigenvalue weighted by Gasteiger charge is -2.26. The molecule has 3 rings (SSSR count). The van der Waals surface area contributed by atoms with Crippen molar-refractivity contribution in [2.24, 2.45) is 0 Å². The number of furan rings is 1. The minimum atomic E-state index is -3.47. The first-order chi connectivity index (χ1) is 12.1. The van der Waals surface area contributed by atoms with Crippen LogP contribution in [0.15, 0.2) is 52.0 Å². The van der Waals surface area contributed by atoms with Gasteiger partial charge in [0.1, 0.15) is 0 Å². The molecule has 0 atom stereocenters. The number of morpholine rings is 1. The number of rotatable bonds is 6. The molecule has 0 aliphatic carbocycles. The highest BCUT2D eigenvalue weighted by Gasteiger charge is 2.25. The minimum absolute atomic E-state index is 0.267. The van der Waals surface area contributed by atoms with E-state index < -0.39 is 10.0 Å². The van der Waals surface area contributed by atoms with E-state index in [0.717, 1.165) is 5.56 Å². The first-order valence-corrected chi connectivity index (χ1v) is 9.50. The van der Waals surface area contributed by atoms with Crippen molar-refractivity contribution in [1.82, 2.24) is 9.62 Å². The Morgan fingerprint density at radius 2 is 1.84 bits per heavy atom. The predicted molar refractivity (Wildman–Crippen MR) is 90.8 cm³/mol. The Kier molecular flexibility index (Phi) is 5.52. The summed E-state index contributed by atoms with van der Waals surface area (Å²) in [5, 5.41) is 2.76. The Hall–Kier alpha value is -2.16. The second-order valence-corrected chi connectivity index (χ2v) is 7.58. The van der Waals surface area contributed by atoms with Crippen LogP contribution < -0.4 is 5.32 Å². The topological polar surface area (TPSA) is 88.9 Å². The van der Waals surface area contributed by atoms with Gasteiger partial charge in [0.05, 0.1) is 24.4 Å². The van der Waals surface area contributed by atoms with Crippen molar-refractivity contribution in [3.8, 4) is 0 Å². The van der Waals surface area contributed by atoms with Gasteiger partial charge in [-0.05, 0) is 36.2 Å². The van der Waals surface area contributed by atoms with Crippen LogP contribution in [0.5, 0.6) is 0 Å². The van der Waals surface area contributed by atoms with Crippen LogP contribution in [0.2, 0.25) is 0 Å². The SMILES string of the molecule is O=C(NCCc1ccc(S(=O)(=O)N2CCOCC2)cc1)c1ccco1. The van der Waals surface area contributed by atoms with Gasteiger partial charge in [-0.1, -0.05) is 12.1 Å². The molecule has 1 fully saturated rings. The van der Waals surface area contributed by atoms with E-state index in [4.69, 9.17) is 9.15 Å². The Labute approximate surface area is 146 Å². The fraction of sp³-hybridized carbons (Fsp3) is 0.353. The van der Waals surface area contributed by atoms with Gasteiger partial charge >= 0.3 is 0 Å². The van der Waals surface area contributed by atoms with Gasteiger partial charge in [0.25, 0.3) is 5.91 Å². The zero-order chi connectivity index (χ0) is 17.7. The number of nitrogens with zero attached hydrogens (tertiary/aromatic N) is 1. The van der Waals surface area contributed by atoms with Crippen LogP contribution in [0.1, 0.15) is 16.1 Å². The summed E-state index contributed by atoms with van der Waals surface area (Å²) in [7, 11) is -3.47. The van der Waals surface area contributed by atoms with Crippen LogP contribution in [0.25, 0.3) is 0 Å². The molecule has 25 heavy (non-hydrogen) atoms. The van der Waals surface area contributed by atoms with Crippen molar-refractivity contribution < 1.29 is 22.4 Å². The summed E-state index contributed by atoms with van der Waals surface area (Å²) in [6, 6.07) is 10.0. The molecule has 1 saturated heterocycles. The number of carbonyl (C=O) groups is 1. The van der Waals surface area contributed by atoms with Crippen LogP contribution in [0.4, 0.5) is 0 Å². The highest BCUT2D eigenvalue weighted by molar-refractivity contribution is 7.89. The maximum atomic E-state index is 12.5. The van der Waals surface area contributed by atoms with Gasteiger partial charge in [-0.3, -0.25) is 4.79 Å². The van der Waals surface area contributed by atoms with Crippen LogP contribution in [0.3, 0.4) is 0 Å². The summed E-state index contributed by atoms with van der Waals surface area (Å²) in [5.74, 6) is 0.00321. The largest absolute Gasteiger partial charge is 0.459 e. The second kappa shape index (κ2) is 7.81. The third-order valence-corrected chi connectivity index (χ3v) is 5.89. The third-order valence-electron chi connectivity index (χ3n) is 3.98. The number of hydrogen-bond acceptors (Lipinski definition) is 5. The molecule has 0 spiro atoms. The van der Waals surface area contributed by atoms with Gasteiger partial charge in [-0.15, -0.1) is 0 Å². The normalized spacial score (nSPS) is 15.8. The zero-order valence-electron chi connectivity index (χ0n) is 13.7. The molecule has 1 aromatic heterocycles. The maximum Gasteiger partial charge on any atom is 0.286 e. The molecular formula is C17H20N2O5S. The molecule has 1 aliphatic heterocycles. The van der Waals surface area contributed by atoms with Crippen LogP contribution in [-0.4, -0.2) is 51.5 Å².